The van der Waals surface area contributed by atoms with Crippen molar-refractivity contribution in [3.05, 3.63) is 94.2 Å². The molecular formula is C21H20BrN3O. The Labute approximate surface area is 161 Å². The van der Waals surface area contributed by atoms with Crippen molar-refractivity contribution in [2.45, 2.75) is 19.1 Å². The van der Waals surface area contributed by atoms with E-state index in [0.29, 0.717) is 13.1 Å². The second kappa shape index (κ2) is 7.38. The molecule has 4 rings (SSSR count). The Morgan fingerprint density at radius 2 is 1.77 bits per heavy atom. The van der Waals surface area contributed by atoms with Gasteiger partial charge in [0.1, 0.15) is 0 Å². The Morgan fingerprint density at radius 1 is 1.00 bits per heavy atom. The molecule has 0 radical (unpaired) electrons. The molecule has 132 valence electrons. The smallest absolute Gasteiger partial charge is 0.318 e. The maximum atomic E-state index is 13.0. The molecule has 2 heterocycles. The Balaban J connectivity index is 1.59. The zero-order chi connectivity index (χ0) is 17.9. The zero-order valence-electron chi connectivity index (χ0n) is 14.3. The van der Waals surface area contributed by atoms with E-state index in [1.807, 2.05) is 53.4 Å². The SMILES string of the molecule is O=C(NCc1ccccc1)N1CCn2cccc2C1c1ccc(Br)cc1. The van der Waals surface area contributed by atoms with Gasteiger partial charge >= 0.3 is 6.03 Å². The lowest BCUT2D eigenvalue weighted by molar-refractivity contribution is 0.168. The molecule has 1 aliphatic heterocycles. The lowest BCUT2D eigenvalue weighted by atomic mass is 10.0. The first-order valence-corrected chi connectivity index (χ1v) is 9.50. The van der Waals surface area contributed by atoms with Crippen LogP contribution in [0.3, 0.4) is 0 Å². The first-order chi connectivity index (χ1) is 12.7. The molecule has 0 fully saturated rings. The van der Waals surface area contributed by atoms with E-state index >= 15 is 0 Å². The van der Waals surface area contributed by atoms with Crippen LogP contribution in [0.4, 0.5) is 4.79 Å². The third-order valence-corrected chi connectivity index (χ3v) is 5.30. The number of urea groups is 1. The van der Waals surface area contributed by atoms with E-state index in [1.165, 1.54) is 0 Å². The Hall–Kier alpha value is -2.53. The molecule has 0 saturated carbocycles. The first-order valence-electron chi connectivity index (χ1n) is 8.71. The van der Waals surface area contributed by atoms with E-state index in [-0.39, 0.29) is 12.1 Å². The van der Waals surface area contributed by atoms with Crippen LogP contribution in [0.2, 0.25) is 0 Å². The van der Waals surface area contributed by atoms with Crippen LogP contribution >= 0.6 is 15.9 Å². The summed E-state index contributed by atoms with van der Waals surface area (Å²) in [6.45, 7) is 2.03. The van der Waals surface area contributed by atoms with E-state index in [2.05, 4.69) is 50.2 Å². The molecule has 1 unspecified atom stereocenters. The molecular weight excluding hydrogens is 390 g/mol. The highest BCUT2D eigenvalue weighted by molar-refractivity contribution is 9.10. The third kappa shape index (κ3) is 3.40. The number of hydrogen-bond donors (Lipinski definition) is 1. The van der Waals surface area contributed by atoms with Crippen LogP contribution in [0.15, 0.2) is 77.4 Å². The summed E-state index contributed by atoms with van der Waals surface area (Å²) in [7, 11) is 0. The predicted molar refractivity (Wildman–Crippen MR) is 106 cm³/mol. The number of aromatic nitrogens is 1. The lowest BCUT2D eigenvalue weighted by Gasteiger charge is -2.37. The van der Waals surface area contributed by atoms with Crippen molar-refractivity contribution in [1.82, 2.24) is 14.8 Å². The molecule has 5 heteroatoms. The van der Waals surface area contributed by atoms with Crippen molar-refractivity contribution < 1.29 is 4.79 Å². The van der Waals surface area contributed by atoms with Crippen molar-refractivity contribution in [2.24, 2.45) is 0 Å². The van der Waals surface area contributed by atoms with Crippen LogP contribution in [-0.4, -0.2) is 22.0 Å². The number of rotatable bonds is 3. The number of benzene rings is 2. The van der Waals surface area contributed by atoms with Crippen LogP contribution < -0.4 is 5.32 Å². The van der Waals surface area contributed by atoms with E-state index in [1.54, 1.807) is 0 Å². The van der Waals surface area contributed by atoms with Gasteiger partial charge in [-0.2, -0.15) is 0 Å². The first kappa shape index (κ1) is 16.9. The molecule has 0 aliphatic carbocycles. The topological polar surface area (TPSA) is 37.3 Å². The minimum atomic E-state index is -0.0809. The highest BCUT2D eigenvalue weighted by Crippen LogP contribution is 2.33. The second-order valence-electron chi connectivity index (χ2n) is 6.42. The molecule has 1 N–H and O–H groups in total. The second-order valence-corrected chi connectivity index (χ2v) is 7.33. The maximum Gasteiger partial charge on any atom is 0.318 e. The molecule has 26 heavy (non-hydrogen) atoms. The number of fused-ring (bicyclic) bond motifs is 1. The Kier molecular flexibility index (Phi) is 4.80. The molecule has 1 aliphatic rings. The van der Waals surface area contributed by atoms with Gasteiger partial charge in [-0.1, -0.05) is 58.4 Å². The fourth-order valence-electron chi connectivity index (χ4n) is 3.47. The molecule has 2 amide bonds. The van der Waals surface area contributed by atoms with Crippen molar-refractivity contribution >= 4 is 22.0 Å². The summed E-state index contributed by atoms with van der Waals surface area (Å²) in [6.07, 6.45) is 2.08. The molecule has 1 atom stereocenters. The van der Waals surface area contributed by atoms with E-state index < -0.39 is 0 Å². The minimum Gasteiger partial charge on any atom is -0.348 e. The average Bonchev–Trinajstić information content (AvgIpc) is 3.16. The summed E-state index contributed by atoms with van der Waals surface area (Å²) in [5.41, 5.74) is 3.36. The summed E-state index contributed by atoms with van der Waals surface area (Å²) in [5, 5.41) is 3.07. The van der Waals surface area contributed by atoms with Gasteiger partial charge in [-0.3, -0.25) is 0 Å². The van der Waals surface area contributed by atoms with E-state index in [0.717, 1.165) is 27.8 Å². The molecule has 4 nitrogen and oxygen atoms in total. The van der Waals surface area contributed by atoms with Gasteiger partial charge in [0.25, 0.3) is 0 Å². The largest absolute Gasteiger partial charge is 0.348 e. The predicted octanol–water partition coefficient (Wildman–Crippen LogP) is 4.57. The molecule has 0 saturated heterocycles. The Morgan fingerprint density at radius 3 is 2.54 bits per heavy atom. The van der Waals surface area contributed by atoms with Crippen LogP contribution in [0.5, 0.6) is 0 Å². The zero-order valence-corrected chi connectivity index (χ0v) is 15.9. The summed E-state index contributed by atoms with van der Waals surface area (Å²) < 4.78 is 3.26. The maximum absolute atomic E-state index is 13.0. The number of nitrogens with zero attached hydrogens (tertiary/aromatic N) is 2. The quantitative estimate of drug-likeness (QED) is 0.675. The Bertz CT molecular complexity index is 889. The van der Waals surface area contributed by atoms with Crippen molar-refractivity contribution in [3.63, 3.8) is 0 Å². The monoisotopic (exact) mass is 409 g/mol. The van der Waals surface area contributed by atoms with Gasteiger partial charge in [-0.25, -0.2) is 4.79 Å². The van der Waals surface area contributed by atoms with Gasteiger partial charge in [0.15, 0.2) is 0 Å². The van der Waals surface area contributed by atoms with Crippen molar-refractivity contribution in [3.8, 4) is 0 Å². The lowest BCUT2D eigenvalue weighted by Crippen LogP contribution is -2.47. The van der Waals surface area contributed by atoms with Gasteiger partial charge < -0.3 is 14.8 Å². The molecule has 0 spiro atoms. The highest BCUT2D eigenvalue weighted by Gasteiger charge is 2.31. The summed E-state index contributed by atoms with van der Waals surface area (Å²) >= 11 is 3.49. The van der Waals surface area contributed by atoms with Crippen molar-refractivity contribution in [1.29, 1.82) is 0 Å². The van der Waals surface area contributed by atoms with Crippen LogP contribution in [-0.2, 0) is 13.1 Å². The van der Waals surface area contributed by atoms with Crippen LogP contribution in [0.25, 0.3) is 0 Å². The molecule has 3 aromatic rings. The number of amides is 2. The van der Waals surface area contributed by atoms with Gasteiger partial charge in [-0.05, 0) is 35.4 Å². The molecule has 2 aromatic carbocycles. The molecule has 1 aromatic heterocycles. The van der Waals surface area contributed by atoms with Crippen molar-refractivity contribution in [2.75, 3.05) is 6.54 Å². The van der Waals surface area contributed by atoms with Gasteiger partial charge in [0, 0.05) is 36.0 Å². The number of halogens is 1. The molecule has 0 bridgehead atoms. The highest BCUT2D eigenvalue weighted by atomic mass is 79.9. The van der Waals surface area contributed by atoms with Gasteiger partial charge in [-0.15, -0.1) is 0 Å². The summed E-state index contributed by atoms with van der Waals surface area (Å²) in [4.78, 5) is 14.9. The van der Waals surface area contributed by atoms with E-state index in [9.17, 15) is 4.79 Å². The fourth-order valence-corrected chi connectivity index (χ4v) is 3.74. The van der Waals surface area contributed by atoms with Crippen LogP contribution in [0.1, 0.15) is 22.9 Å². The fraction of sp³-hybridized carbons (Fsp3) is 0.190. The summed E-state index contributed by atoms with van der Waals surface area (Å²) in [5.74, 6) is 0. The standard InChI is InChI=1S/C21H20BrN3O/c22-18-10-8-17(9-11-18)20-19-7-4-12-24(19)13-14-25(20)21(26)23-15-16-5-2-1-3-6-16/h1-12,20H,13-15H2,(H,23,26). The van der Waals surface area contributed by atoms with Gasteiger partial charge in [0.2, 0.25) is 0 Å². The van der Waals surface area contributed by atoms with E-state index in [4.69, 9.17) is 0 Å². The summed E-state index contributed by atoms with van der Waals surface area (Å²) in [6, 6.07) is 22.2. The van der Waals surface area contributed by atoms with Gasteiger partial charge in [0.05, 0.1) is 6.04 Å². The number of carbonyl (C=O) groups excluding carboxylic acids is 1. The normalized spacial score (nSPS) is 16.2. The third-order valence-electron chi connectivity index (χ3n) is 4.77. The van der Waals surface area contributed by atoms with Crippen LogP contribution in [0, 0.1) is 0 Å². The number of carbonyl (C=O) groups is 1. The number of hydrogen-bond acceptors (Lipinski definition) is 1. The average molecular weight is 410 g/mol. The number of nitrogens with one attached hydrogen (secondary N) is 1. The minimum absolute atomic E-state index is 0.0331.